The molecule has 1 fully saturated rings. The minimum absolute atomic E-state index is 0.0121. The topological polar surface area (TPSA) is 43.8 Å². The quantitative estimate of drug-likeness (QED) is 0.908. The minimum atomic E-state index is -1.15. The van der Waals surface area contributed by atoms with E-state index in [4.69, 9.17) is 5.73 Å². The van der Waals surface area contributed by atoms with E-state index in [1.165, 1.54) is 0 Å². The highest BCUT2D eigenvalue weighted by atomic mass is 79.9. The van der Waals surface area contributed by atoms with E-state index >= 15 is 0 Å². The highest BCUT2D eigenvalue weighted by molar-refractivity contribution is 9.10. The fourth-order valence-electron chi connectivity index (χ4n) is 2.45. The van der Waals surface area contributed by atoms with Crippen molar-refractivity contribution < 1.29 is 4.39 Å². The average Bonchev–Trinajstić information content (AvgIpc) is 2.63. The lowest BCUT2D eigenvalue weighted by Gasteiger charge is -2.19. The summed E-state index contributed by atoms with van der Waals surface area (Å²) in [7, 11) is 1.85. The van der Waals surface area contributed by atoms with Gasteiger partial charge >= 0.3 is 0 Å². The van der Waals surface area contributed by atoms with Gasteiger partial charge in [0.1, 0.15) is 5.67 Å². The van der Waals surface area contributed by atoms with Crippen molar-refractivity contribution in [3.8, 4) is 0 Å². The number of alkyl halides is 1. The fraction of sp³-hybridized carbons (Fsp3) is 0.727. The van der Waals surface area contributed by atoms with E-state index in [0.29, 0.717) is 19.3 Å². The van der Waals surface area contributed by atoms with Crippen LogP contribution in [0.4, 0.5) is 4.39 Å². The van der Waals surface area contributed by atoms with Crippen LogP contribution in [-0.4, -0.2) is 21.5 Å². The Kier molecular flexibility index (Phi) is 3.09. The lowest BCUT2D eigenvalue weighted by Crippen LogP contribution is -2.26. The van der Waals surface area contributed by atoms with Crippen molar-refractivity contribution in [3.05, 3.63) is 15.9 Å². The van der Waals surface area contributed by atoms with Crippen molar-refractivity contribution >= 4 is 15.9 Å². The number of halogens is 2. The zero-order valence-corrected chi connectivity index (χ0v) is 11.2. The normalized spacial score (nSPS) is 29.9. The second kappa shape index (κ2) is 4.11. The Labute approximate surface area is 103 Å². The second-order valence-corrected chi connectivity index (χ2v) is 5.59. The van der Waals surface area contributed by atoms with Crippen molar-refractivity contribution in [1.29, 1.82) is 0 Å². The van der Waals surface area contributed by atoms with Crippen LogP contribution in [0.3, 0.4) is 0 Å². The molecule has 16 heavy (non-hydrogen) atoms. The van der Waals surface area contributed by atoms with E-state index < -0.39 is 5.67 Å². The van der Waals surface area contributed by atoms with Gasteiger partial charge in [-0.05, 0) is 42.1 Å². The Morgan fingerprint density at radius 3 is 2.81 bits per heavy atom. The lowest BCUT2D eigenvalue weighted by molar-refractivity contribution is 0.167. The average molecular weight is 290 g/mol. The van der Waals surface area contributed by atoms with E-state index in [9.17, 15) is 4.39 Å². The van der Waals surface area contributed by atoms with Crippen molar-refractivity contribution in [3.63, 3.8) is 0 Å². The third-order valence-corrected chi connectivity index (χ3v) is 4.37. The summed E-state index contributed by atoms with van der Waals surface area (Å²) in [4.78, 5) is 0. The number of hydrogen-bond acceptors (Lipinski definition) is 2. The molecule has 1 saturated carbocycles. The van der Waals surface area contributed by atoms with Crippen molar-refractivity contribution in [2.75, 3.05) is 0 Å². The summed E-state index contributed by atoms with van der Waals surface area (Å²) in [5, 5.41) is 4.27. The summed E-state index contributed by atoms with van der Waals surface area (Å²) in [5.74, 6) is 0. The van der Waals surface area contributed by atoms with Crippen molar-refractivity contribution in [2.24, 2.45) is 12.8 Å². The number of nitrogens with two attached hydrogens (primary N) is 1. The number of aryl methyl sites for hydroxylation is 2. The Bertz CT molecular complexity index is 404. The van der Waals surface area contributed by atoms with Crippen LogP contribution >= 0.6 is 15.9 Å². The molecule has 1 aromatic rings. The Morgan fingerprint density at radius 1 is 1.69 bits per heavy atom. The maximum atomic E-state index is 14.5. The first kappa shape index (κ1) is 12.0. The van der Waals surface area contributed by atoms with E-state index in [1.54, 1.807) is 4.68 Å². The van der Waals surface area contributed by atoms with E-state index in [2.05, 4.69) is 21.0 Å². The van der Waals surface area contributed by atoms with Gasteiger partial charge < -0.3 is 5.73 Å². The van der Waals surface area contributed by atoms with Gasteiger partial charge in [0.05, 0.1) is 15.9 Å². The summed E-state index contributed by atoms with van der Waals surface area (Å²) in [5.41, 5.74) is 6.45. The maximum absolute atomic E-state index is 14.5. The van der Waals surface area contributed by atoms with Crippen LogP contribution in [0, 0.1) is 6.92 Å². The molecule has 0 aliphatic heterocycles. The Hall–Kier alpha value is -0.420. The lowest BCUT2D eigenvalue weighted by atomic mass is 9.97. The smallest absolute Gasteiger partial charge is 0.118 e. The molecular formula is C11H17BrFN3. The Morgan fingerprint density at radius 2 is 2.38 bits per heavy atom. The van der Waals surface area contributed by atoms with Crippen LogP contribution in [-0.2, 0) is 13.5 Å². The highest BCUT2D eigenvalue weighted by Gasteiger charge is 2.39. The number of aromatic nitrogens is 2. The molecule has 0 saturated heterocycles. The summed E-state index contributed by atoms with van der Waals surface area (Å²) in [6.07, 6.45) is 2.21. The molecule has 5 heteroatoms. The van der Waals surface area contributed by atoms with Gasteiger partial charge in [-0.2, -0.15) is 5.10 Å². The third-order valence-electron chi connectivity index (χ3n) is 3.34. The molecule has 2 N–H and O–H groups in total. The van der Waals surface area contributed by atoms with Gasteiger partial charge in [0.15, 0.2) is 0 Å². The van der Waals surface area contributed by atoms with Crippen molar-refractivity contribution in [1.82, 2.24) is 9.78 Å². The molecule has 0 radical (unpaired) electrons. The van der Waals surface area contributed by atoms with Crippen LogP contribution in [0.25, 0.3) is 0 Å². The molecule has 2 unspecified atom stereocenters. The summed E-state index contributed by atoms with van der Waals surface area (Å²) in [6, 6.07) is 0.0121. The molecule has 0 aromatic carbocycles. The van der Waals surface area contributed by atoms with E-state index in [-0.39, 0.29) is 6.04 Å². The molecular weight excluding hydrogens is 273 g/mol. The molecule has 1 aliphatic carbocycles. The van der Waals surface area contributed by atoms with Crippen LogP contribution in [0.5, 0.6) is 0 Å². The number of nitrogens with zero attached hydrogens (tertiary/aromatic N) is 2. The first-order valence-electron chi connectivity index (χ1n) is 5.54. The van der Waals surface area contributed by atoms with Gasteiger partial charge in [-0.3, -0.25) is 4.68 Å². The highest BCUT2D eigenvalue weighted by Crippen LogP contribution is 2.37. The third kappa shape index (κ3) is 2.15. The van der Waals surface area contributed by atoms with Gasteiger partial charge in [0.25, 0.3) is 0 Å². The molecule has 2 rings (SSSR count). The Balaban J connectivity index is 2.21. The molecule has 90 valence electrons. The molecule has 1 heterocycles. The number of hydrogen-bond donors (Lipinski definition) is 1. The monoisotopic (exact) mass is 289 g/mol. The van der Waals surface area contributed by atoms with Gasteiger partial charge in [-0.1, -0.05) is 0 Å². The predicted molar refractivity (Wildman–Crippen MR) is 65.0 cm³/mol. The standard InChI is InChI=1S/C11H17BrFN3/c1-7-10(12)9(16(2)15-7)6-11(13)4-3-8(14)5-11/h8H,3-6,14H2,1-2H3. The summed E-state index contributed by atoms with van der Waals surface area (Å²) < 4.78 is 17.2. The number of rotatable bonds is 2. The van der Waals surface area contributed by atoms with Gasteiger partial charge in [0.2, 0.25) is 0 Å². The minimum Gasteiger partial charge on any atom is -0.328 e. The first-order chi connectivity index (χ1) is 7.41. The molecule has 0 spiro atoms. The summed E-state index contributed by atoms with van der Waals surface area (Å²) >= 11 is 3.47. The van der Waals surface area contributed by atoms with Gasteiger partial charge in [-0.15, -0.1) is 0 Å². The van der Waals surface area contributed by atoms with Gasteiger partial charge in [-0.25, -0.2) is 4.39 Å². The zero-order valence-electron chi connectivity index (χ0n) is 9.63. The van der Waals surface area contributed by atoms with Crippen LogP contribution < -0.4 is 5.73 Å². The fourth-order valence-corrected chi connectivity index (χ4v) is 2.93. The largest absolute Gasteiger partial charge is 0.328 e. The van der Waals surface area contributed by atoms with Crippen LogP contribution in [0.2, 0.25) is 0 Å². The predicted octanol–water partition coefficient (Wildman–Crippen LogP) is 2.25. The SMILES string of the molecule is Cc1nn(C)c(CC2(F)CCC(N)C2)c1Br. The van der Waals surface area contributed by atoms with E-state index in [1.807, 2.05) is 14.0 Å². The van der Waals surface area contributed by atoms with E-state index in [0.717, 1.165) is 22.3 Å². The van der Waals surface area contributed by atoms with Gasteiger partial charge in [0, 0.05) is 19.5 Å². The van der Waals surface area contributed by atoms with Crippen LogP contribution in [0.15, 0.2) is 4.47 Å². The van der Waals surface area contributed by atoms with Crippen LogP contribution in [0.1, 0.15) is 30.7 Å². The molecule has 0 bridgehead atoms. The van der Waals surface area contributed by atoms with Crippen molar-refractivity contribution in [2.45, 2.75) is 44.3 Å². The molecule has 3 nitrogen and oxygen atoms in total. The molecule has 1 aromatic heterocycles. The summed E-state index contributed by atoms with van der Waals surface area (Å²) in [6.45, 7) is 1.92. The molecule has 2 atom stereocenters. The second-order valence-electron chi connectivity index (χ2n) is 4.80. The first-order valence-corrected chi connectivity index (χ1v) is 6.33. The maximum Gasteiger partial charge on any atom is 0.118 e. The molecule has 0 amide bonds. The molecule has 1 aliphatic rings. The zero-order chi connectivity index (χ0) is 11.9.